The molecule has 0 saturated heterocycles. The van der Waals surface area contributed by atoms with Crippen molar-refractivity contribution in [2.24, 2.45) is 0 Å². The molecule has 0 atom stereocenters. The van der Waals surface area contributed by atoms with Gasteiger partial charge in [0.25, 0.3) is 0 Å². The lowest BCUT2D eigenvalue weighted by atomic mass is 10.1. The Morgan fingerprint density at radius 1 is 1.22 bits per heavy atom. The number of carbonyl (C=O) groups is 2. The number of thioether (sulfide) groups is 1. The Balaban J connectivity index is 2.03. The van der Waals surface area contributed by atoms with Crippen LogP contribution in [0.3, 0.4) is 0 Å². The number of hydrogen-bond donors (Lipinski definition) is 1. The summed E-state index contributed by atoms with van der Waals surface area (Å²) in [5.41, 5.74) is 3.39. The molecule has 1 N–H and O–H groups in total. The minimum atomic E-state index is -0.137. The third-order valence-corrected chi connectivity index (χ3v) is 4.89. The normalized spacial score (nSPS) is 10.9. The number of nitrogens with one attached hydrogen (secondary N) is 1. The third kappa shape index (κ3) is 6.13. The molecule has 0 unspecified atom stereocenters. The lowest BCUT2D eigenvalue weighted by Crippen LogP contribution is -2.43. The number of rotatable bonds is 8. The smallest absolute Gasteiger partial charge is 0.239 e. The highest BCUT2D eigenvalue weighted by Gasteiger charge is 2.17. The average Bonchev–Trinajstić information content (AvgIpc) is 3.04. The first-order valence-electron chi connectivity index (χ1n) is 9.12. The second-order valence-corrected chi connectivity index (χ2v) is 7.79. The Labute approximate surface area is 165 Å². The molecule has 6 nitrogen and oxygen atoms in total. The van der Waals surface area contributed by atoms with Gasteiger partial charge in [0.1, 0.15) is 0 Å². The van der Waals surface area contributed by atoms with E-state index in [1.807, 2.05) is 31.5 Å². The van der Waals surface area contributed by atoms with Gasteiger partial charge in [-0.2, -0.15) is 0 Å². The maximum Gasteiger partial charge on any atom is 0.239 e. The van der Waals surface area contributed by atoms with Gasteiger partial charge in [0.2, 0.25) is 11.8 Å². The predicted molar refractivity (Wildman–Crippen MR) is 109 cm³/mol. The molecule has 0 aliphatic rings. The molecule has 2 amide bonds. The minimum absolute atomic E-state index is 0.0611. The zero-order valence-electron chi connectivity index (χ0n) is 16.7. The molecule has 0 aliphatic carbocycles. The lowest BCUT2D eigenvalue weighted by molar-refractivity contribution is -0.134. The van der Waals surface area contributed by atoms with Gasteiger partial charge in [0, 0.05) is 30.7 Å². The van der Waals surface area contributed by atoms with Crippen LogP contribution in [0.1, 0.15) is 31.9 Å². The summed E-state index contributed by atoms with van der Waals surface area (Å²) in [6, 6.07) is 6.37. The van der Waals surface area contributed by atoms with Crippen molar-refractivity contribution in [2.75, 3.05) is 18.8 Å². The molecule has 1 aromatic carbocycles. The van der Waals surface area contributed by atoms with E-state index in [2.05, 4.69) is 42.3 Å². The molecule has 2 aromatic rings. The molecule has 0 spiro atoms. The SMILES string of the molecule is CCN(CC(=O)NC(C)C)C(=O)CSc1nccn1-c1cc(C)cc(C)c1. The molecule has 1 aromatic heterocycles. The molecule has 0 fully saturated rings. The quantitative estimate of drug-likeness (QED) is 0.706. The Kier molecular flexibility index (Phi) is 7.47. The van der Waals surface area contributed by atoms with Crippen molar-refractivity contribution in [3.8, 4) is 5.69 Å². The fraction of sp³-hybridized carbons (Fsp3) is 0.450. The Morgan fingerprint density at radius 3 is 2.48 bits per heavy atom. The van der Waals surface area contributed by atoms with E-state index >= 15 is 0 Å². The van der Waals surface area contributed by atoms with Crippen LogP contribution in [0.4, 0.5) is 0 Å². The van der Waals surface area contributed by atoms with Crippen LogP contribution in [0.5, 0.6) is 0 Å². The second-order valence-electron chi connectivity index (χ2n) is 6.84. The highest BCUT2D eigenvalue weighted by atomic mass is 32.2. The lowest BCUT2D eigenvalue weighted by Gasteiger charge is -2.21. The van der Waals surface area contributed by atoms with Crippen molar-refractivity contribution in [1.82, 2.24) is 19.8 Å². The number of amides is 2. The number of imidazole rings is 1. The summed E-state index contributed by atoms with van der Waals surface area (Å²) in [5, 5.41) is 3.58. The number of aryl methyl sites for hydroxylation is 2. The zero-order valence-corrected chi connectivity index (χ0v) is 17.5. The summed E-state index contributed by atoms with van der Waals surface area (Å²) < 4.78 is 1.99. The number of benzene rings is 1. The Bertz CT molecular complexity index is 781. The first-order chi connectivity index (χ1) is 12.8. The summed E-state index contributed by atoms with van der Waals surface area (Å²) in [4.78, 5) is 30.4. The van der Waals surface area contributed by atoms with E-state index in [4.69, 9.17) is 0 Å². The molecule has 1 heterocycles. The van der Waals surface area contributed by atoms with Crippen LogP contribution in [-0.4, -0.2) is 51.1 Å². The fourth-order valence-corrected chi connectivity index (χ4v) is 3.69. The highest BCUT2D eigenvalue weighted by Crippen LogP contribution is 2.22. The number of nitrogens with zero attached hydrogens (tertiary/aromatic N) is 3. The van der Waals surface area contributed by atoms with Crippen molar-refractivity contribution < 1.29 is 9.59 Å². The van der Waals surface area contributed by atoms with Gasteiger partial charge in [-0.3, -0.25) is 14.2 Å². The summed E-state index contributed by atoms with van der Waals surface area (Å²) >= 11 is 1.38. The maximum absolute atomic E-state index is 12.5. The van der Waals surface area contributed by atoms with Crippen LogP contribution in [-0.2, 0) is 9.59 Å². The molecule has 7 heteroatoms. The standard InChI is InChI=1S/C20H28N4O2S/c1-6-23(12-18(25)22-14(2)3)19(26)13-27-20-21-7-8-24(20)17-10-15(4)9-16(5)11-17/h7-11,14H,6,12-13H2,1-5H3,(H,22,25). The van der Waals surface area contributed by atoms with E-state index in [1.165, 1.54) is 22.9 Å². The molecule has 0 radical (unpaired) electrons. The Morgan fingerprint density at radius 2 is 1.89 bits per heavy atom. The van der Waals surface area contributed by atoms with Crippen LogP contribution in [0.15, 0.2) is 35.7 Å². The van der Waals surface area contributed by atoms with Crippen molar-refractivity contribution in [2.45, 2.75) is 45.8 Å². The van der Waals surface area contributed by atoms with Crippen molar-refractivity contribution >= 4 is 23.6 Å². The van der Waals surface area contributed by atoms with Gasteiger partial charge in [-0.1, -0.05) is 17.8 Å². The van der Waals surface area contributed by atoms with Crippen molar-refractivity contribution in [3.05, 3.63) is 41.7 Å². The van der Waals surface area contributed by atoms with E-state index in [9.17, 15) is 9.59 Å². The topological polar surface area (TPSA) is 67.2 Å². The van der Waals surface area contributed by atoms with Gasteiger partial charge in [-0.15, -0.1) is 0 Å². The molecule has 27 heavy (non-hydrogen) atoms. The van der Waals surface area contributed by atoms with E-state index < -0.39 is 0 Å². The van der Waals surface area contributed by atoms with Crippen LogP contribution < -0.4 is 5.32 Å². The van der Waals surface area contributed by atoms with Gasteiger partial charge in [0.05, 0.1) is 12.3 Å². The summed E-state index contributed by atoms with van der Waals surface area (Å²) in [5.74, 6) is 0.0308. The summed E-state index contributed by atoms with van der Waals surface area (Å²) in [7, 11) is 0. The first kappa shape index (κ1) is 21.0. The molecule has 0 bridgehead atoms. The van der Waals surface area contributed by atoms with E-state index in [1.54, 1.807) is 11.1 Å². The third-order valence-electron chi connectivity index (χ3n) is 3.93. The number of aromatic nitrogens is 2. The number of carbonyl (C=O) groups excluding carboxylic acids is 2. The summed E-state index contributed by atoms with van der Waals surface area (Å²) in [6.07, 6.45) is 3.63. The molecular weight excluding hydrogens is 360 g/mol. The van der Waals surface area contributed by atoms with Gasteiger partial charge in [0.15, 0.2) is 5.16 Å². The highest BCUT2D eigenvalue weighted by molar-refractivity contribution is 7.99. The van der Waals surface area contributed by atoms with E-state index in [0.717, 1.165) is 10.8 Å². The number of likely N-dealkylation sites (N-methyl/N-ethyl adjacent to an activating group) is 1. The Hall–Kier alpha value is -2.28. The molecular formula is C20H28N4O2S. The molecule has 146 valence electrons. The largest absolute Gasteiger partial charge is 0.352 e. The van der Waals surface area contributed by atoms with Crippen molar-refractivity contribution in [3.63, 3.8) is 0 Å². The molecule has 0 aliphatic heterocycles. The number of hydrogen-bond acceptors (Lipinski definition) is 4. The van der Waals surface area contributed by atoms with E-state index in [-0.39, 0.29) is 30.2 Å². The summed E-state index contributed by atoms with van der Waals surface area (Å²) in [6.45, 7) is 10.4. The molecule has 0 saturated carbocycles. The predicted octanol–water partition coefficient (Wildman–Crippen LogP) is 2.95. The second kappa shape index (κ2) is 9.60. The average molecular weight is 389 g/mol. The van der Waals surface area contributed by atoms with Crippen molar-refractivity contribution in [1.29, 1.82) is 0 Å². The van der Waals surface area contributed by atoms with Crippen LogP contribution in [0, 0.1) is 13.8 Å². The van der Waals surface area contributed by atoms with Gasteiger partial charge in [-0.25, -0.2) is 4.98 Å². The van der Waals surface area contributed by atoms with E-state index in [0.29, 0.717) is 6.54 Å². The minimum Gasteiger partial charge on any atom is -0.352 e. The zero-order chi connectivity index (χ0) is 20.0. The van der Waals surface area contributed by atoms with Crippen LogP contribution in [0.25, 0.3) is 5.69 Å². The maximum atomic E-state index is 12.5. The van der Waals surface area contributed by atoms with Gasteiger partial charge in [-0.05, 0) is 57.9 Å². The van der Waals surface area contributed by atoms with Crippen LogP contribution >= 0.6 is 11.8 Å². The molecule has 2 rings (SSSR count). The van der Waals surface area contributed by atoms with Gasteiger partial charge < -0.3 is 10.2 Å². The fourth-order valence-electron chi connectivity index (χ4n) is 2.82. The monoisotopic (exact) mass is 388 g/mol. The van der Waals surface area contributed by atoms with Gasteiger partial charge >= 0.3 is 0 Å². The first-order valence-corrected chi connectivity index (χ1v) is 10.1. The van der Waals surface area contributed by atoms with Crippen LogP contribution in [0.2, 0.25) is 0 Å².